The highest BCUT2D eigenvalue weighted by molar-refractivity contribution is 5.62. The normalized spacial score (nSPS) is 10.7. The van der Waals surface area contributed by atoms with Crippen molar-refractivity contribution >= 4 is 0 Å². The van der Waals surface area contributed by atoms with E-state index in [0.717, 1.165) is 35.5 Å². The molecule has 1 heterocycles. The van der Waals surface area contributed by atoms with E-state index < -0.39 is 0 Å². The van der Waals surface area contributed by atoms with Gasteiger partial charge in [0.25, 0.3) is 0 Å². The van der Waals surface area contributed by atoms with Gasteiger partial charge in [0.05, 0.1) is 17.1 Å². The predicted molar refractivity (Wildman–Crippen MR) is 84.4 cm³/mol. The molecule has 0 unspecified atom stereocenters. The van der Waals surface area contributed by atoms with E-state index >= 15 is 0 Å². The van der Waals surface area contributed by atoms with Crippen molar-refractivity contribution in [2.24, 2.45) is 0 Å². The molecular formula is C18H18N2O. The molecule has 106 valence electrons. The number of hydrogen-bond acceptors (Lipinski definition) is 2. The van der Waals surface area contributed by atoms with Gasteiger partial charge in [-0.15, -0.1) is 0 Å². The van der Waals surface area contributed by atoms with Crippen molar-refractivity contribution in [3.05, 3.63) is 72.4 Å². The summed E-state index contributed by atoms with van der Waals surface area (Å²) in [6.07, 6.45) is 1.52. The third-order valence-electron chi connectivity index (χ3n) is 3.42. The molecule has 0 bridgehead atoms. The SMILES string of the molecule is OCCCc1cc(-c2ccccc2)n(-c2ccccc2)n1. The van der Waals surface area contributed by atoms with Crippen LogP contribution >= 0.6 is 0 Å². The van der Waals surface area contributed by atoms with Crippen LogP contribution < -0.4 is 0 Å². The Labute approximate surface area is 124 Å². The lowest BCUT2D eigenvalue weighted by Gasteiger charge is -2.07. The number of aromatic nitrogens is 2. The Morgan fingerprint density at radius 2 is 1.57 bits per heavy atom. The Kier molecular flexibility index (Phi) is 4.12. The Hall–Kier alpha value is -2.39. The Morgan fingerprint density at radius 3 is 2.24 bits per heavy atom. The summed E-state index contributed by atoms with van der Waals surface area (Å²) in [5.41, 5.74) is 4.28. The molecule has 0 radical (unpaired) electrons. The van der Waals surface area contributed by atoms with E-state index in [-0.39, 0.29) is 6.61 Å². The third kappa shape index (κ3) is 3.03. The van der Waals surface area contributed by atoms with Crippen LogP contribution in [0.1, 0.15) is 12.1 Å². The van der Waals surface area contributed by atoms with E-state index in [1.165, 1.54) is 0 Å². The fourth-order valence-electron chi connectivity index (χ4n) is 2.39. The van der Waals surface area contributed by atoms with E-state index in [0.29, 0.717) is 0 Å². The highest BCUT2D eigenvalue weighted by Gasteiger charge is 2.11. The molecule has 0 saturated heterocycles. The minimum atomic E-state index is 0.193. The van der Waals surface area contributed by atoms with Crippen molar-refractivity contribution in [3.8, 4) is 16.9 Å². The van der Waals surface area contributed by atoms with Crippen molar-refractivity contribution in [2.45, 2.75) is 12.8 Å². The van der Waals surface area contributed by atoms with Crippen LogP contribution in [0.5, 0.6) is 0 Å². The molecule has 3 heteroatoms. The summed E-state index contributed by atoms with van der Waals surface area (Å²) >= 11 is 0. The zero-order chi connectivity index (χ0) is 14.5. The molecule has 0 atom stereocenters. The maximum atomic E-state index is 9.00. The Bertz CT molecular complexity index is 633. The summed E-state index contributed by atoms with van der Waals surface area (Å²) in [7, 11) is 0. The van der Waals surface area contributed by atoms with Gasteiger partial charge in [-0.2, -0.15) is 5.10 Å². The van der Waals surface area contributed by atoms with Gasteiger partial charge >= 0.3 is 0 Å². The monoisotopic (exact) mass is 278 g/mol. The summed E-state index contributed by atoms with van der Waals surface area (Å²) < 4.78 is 1.97. The standard InChI is InChI=1S/C18H18N2O/c21-13-7-10-16-14-18(15-8-3-1-4-9-15)20(19-16)17-11-5-2-6-12-17/h1-6,8-9,11-12,14,21H,7,10,13H2. The second kappa shape index (κ2) is 6.37. The van der Waals surface area contributed by atoms with Gasteiger partial charge in [0.2, 0.25) is 0 Å². The molecule has 0 aliphatic heterocycles. The number of para-hydroxylation sites is 1. The topological polar surface area (TPSA) is 38.0 Å². The highest BCUT2D eigenvalue weighted by atomic mass is 16.2. The fourth-order valence-corrected chi connectivity index (χ4v) is 2.39. The van der Waals surface area contributed by atoms with Crippen molar-refractivity contribution in [3.63, 3.8) is 0 Å². The first-order chi connectivity index (χ1) is 10.4. The molecule has 0 spiro atoms. The third-order valence-corrected chi connectivity index (χ3v) is 3.42. The number of hydrogen-bond donors (Lipinski definition) is 1. The van der Waals surface area contributed by atoms with Crippen LogP contribution in [0.2, 0.25) is 0 Å². The molecule has 0 aliphatic rings. The average Bonchev–Trinajstić information content (AvgIpc) is 2.99. The van der Waals surface area contributed by atoms with E-state index in [4.69, 9.17) is 10.2 Å². The van der Waals surface area contributed by atoms with Gasteiger partial charge in [-0.05, 0) is 31.0 Å². The van der Waals surface area contributed by atoms with Crippen LogP contribution in [0.4, 0.5) is 0 Å². The second-order valence-electron chi connectivity index (χ2n) is 4.96. The molecule has 3 aromatic rings. The highest BCUT2D eigenvalue weighted by Crippen LogP contribution is 2.24. The smallest absolute Gasteiger partial charge is 0.0743 e. The maximum Gasteiger partial charge on any atom is 0.0743 e. The van der Waals surface area contributed by atoms with Crippen LogP contribution in [0.25, 0.3) is 16.9 Å². The molecule has 3 nitrogen and oxygen atoms in total. The number of benzene rings is 2. The molecule has 1 N–H and O–H groups in total. The molecule has 0 saturated carbocycles. The number of aliphatic hydroxyl groups excluding tert-OH is 1. The lowest BCUT2D eigenvalue weighted by molar-refractivity contribution is 0.288. The molecule has 2 aromatic carbocycles. The van der Waals surface area contributed by atoms with Gasteiger partial charge < -0.3 is 5.11 Å². The molecule has 1 aromatic heterocycles. The first-order valence-electron chi connectivity index (χ1n) is 7.19. The number of rotatable bonds is 5. The first kappa shape index (κ1) is 13.6. The fraction of sp³-hybridized carbons (Fsp3) is 0.167. The summed E-state index contributed by atoms with van der Waals surface area (Å²) in [6.45, 7) is 0.193. The van der Waals surface area contributed by atoms with E-state index in [1.807, 2.05) is 41.1 Å². The number of nitrogens with zero attached hydrogens (tertiary/aromatic N) is 2. The van der Waals surface area contributed by atoms with Crippen molar-refractivity contribution in [1.82, 2.24) is 9.78 Å². The van der Waals surface area contributed by atoms with Gasteiger partial charge in [-0.1, -0.05) is 48.5 Å². The molecule has 0 amide bonds. The number of aryl methyl sites for hydroxylation is 1. The predicted octanol–water partition coefficient (Wildman–Crippen LogP) is 3.46. The van der Waals surface area contributed by atoms with Crippen LogP contribution in [0.3, 0.4) is 0 Å². The molecule has 0 aliphatic carbocycles. The van der Waals surface area contributed by atoms with Crippen molar-refractivity contribution in [2.75, 3.05) is 6.61 Å². The molecule has 21 heavy (non-hydrogen) atoms. The average molecular weight is 278 g/mol. The van der Waals surface area contributed by atoms with Crippen molar-refractivity contribution < 1.29 is 5.11 Å². The summed E-state index contributed by atoms with van der Waals surface area (Å²) in [4.78, 5) is 0. The zero-order valence-electron chi connectivity index (χ0n) is 11.8. The largest absolute Gasteiger partial charge is 0.396 e. The quantitative estimate of drug-likeness (QED) is 0.776. The van der Waals surface area contributed by atoms with Gasteiger partial charge in [0.15, 0.2) is 0 Å². The number of aliphatic hydroxyl groups is 1. The van der Waals surface area contributed by atoms with Gasteiger partial charge in [-0.25, -0.2) is 4.68 Å². The Morgan fingerprint density at radius 1 is 0.905 bits per heavy atom. The molecule has 3 rings (SSSR count). The van der Waals surface area contributed by atoms with E-state index in [9.17, 15) is 0 Å². The van der Waals surface area contributed by atoms with Crippen LogP contribution in [0, 0.1) is 0 Å². The van der Waals surface area contributed by atoms with Gasteiger partial charge in [0.1, 0.15) is 0 Å². The maximum absolute atomic E-state index is 9.00. The lowest BCUT2D eigenvalue weighted by atomic mass is 10.1. The summed E-state index contributed by atoms with van der Waals surface area (Å²) in [6, 6.07) is 22.5. The first-order valence-corrected chi connectivity index (χ1v) is 7.19. The van der Waals surface area contributed by atoms with E-state index in [2.05, 4.69) is 30.3 Å². The Balaban J connectivity index is 2.06. The van der Waals surface area contributed by atoms with Gasteiger partial charge in [0, 0.05) is 12.2 Å². The summed E-state index contributed by atoms with van der Waals surface area (Å²) in [5.74, 6) is 0. The van der Waals surface area contributed by atoms with Crippen LogP contribution in [0.15, 0.2) is 66.7 Å². The second-order valence-corrected chi connectivity index (χ2v) is 4.96. The van der Waals surface area contributed by atoms with Crippen LogP contribution in [-0.2, 0) is 6.42 Å². The molecular weight excluding hydrogens is 260 g/mol. The van der Waals surface area contributed by atoms with E-state index in [1.54, 1.807) is 0 Å². The molecule has 0 fully saturated rings. The van der Waals surface area contributed by atoms with Crippen LogP contribution in [-0.4, -0.2) is 21.5 Å². The van der Waals surface area contributed by atoms with Gasteiger partial charge in [-0.3, -0.25) is 0 Å². The minimum absolute atomic E-state index is 0.193. The van der Waals surface area contributed by atoms with Crippen molar-refractivity contribution in [1.29, 1.82) is 0 Å². The lowest BCUT2D eigenvalue weighted by Crippen LogP contribution is -1.99. The zero-order valence-corrected chi connectivity index (χ0v) is 11.8. The minimum Gasteiger partial charge on any atom is -0.396 e. The summed E-state index contributed by atoms with van der Waals surface area (Å²) in [5, 5.41) is 13.7.